The van der Waals surface area contributed by atoms with Gasteiger partial charge in [-0.05, 0) is 57.5 Å². The zero-order valence-electron chi connectivity index (χ0n) is 19.6. The van der Waals surface area contributed by atoms with E-state index in [1.807, 2.05) is 80.5 Å². The minimum absolute atomic E-state index is 0.00957. The molecule has 0 unspecified atom stereocenters. The second kappa shape index (κ2) is 11.1. The molecular formula is C26H34N4O2. The number of carbonyl (C=O) groups excluding carboxylic acids is 2. The quantitative estimate of drug-likeness (QED) is 0.472. The minimum Gasteiger partial charge on any atom is -0.368 e. The van der Waals surface area contributed by atoms with Crippen LogP contribution in [-0.2, 0) is 11.3 Å². The van der Waals surface area contributed by atoms with Crippen molar-refractivity contribution in [2.75, 3.05) is 65.8 Å². The smallest absolute Gasteiger partial charge is 0.236 e. The molecule has 0 aromatic heterocycles. The van der Waals surface area contributed by atoms with Gasteiger partial charge in [0.1, 0.15) is 0 Å². The van der Waals surface area contributed by atoms with E-state index in [1.165, 1.54) is 5.56 Å². The number of ketones is 1. The third kappa shape index (κ3) is 6.77. The van der Waals surface area contributed by atoms with E-state index in [-0.39, 0.29) is 11.7 Å². The number of carbonyl (C=O) groups is 2. The zero-order chi connectivity index (χ0) is 23.1. The predicted molar refractivity (Wildman–Crippen MR) is 131 cm³/mol. The minimum atomic E-state index is -0.00957. The van der Waals surface area contributed by atoms with E-state index in [0.29, 0.717) is 25.2 Å². The lowest BCUT2D eigenvalue weighted by Gasteiger charge is -2.36. The molecule has 0 radical (unpaired) electrons. The first-order valence-electron chi connectivity index (χ1n) is 11.1. The third-order valence-corrected chi connectivity index (χ3v) is 5.46. The maximum atomic E-state index is 12.8. The number of nitrogens with zero attached hydrogens (tertiary/aromatic N) is 4. The Labute approximate surface area is 191 Å². The zero-order valence-corrected chi connectivity index (χ0v) is 19.6. The van der Waals surface area contributed by atoms with Gasteiger partial charge in [-0.15, -0.1) is 0 Å². The van der Waals surface area contributed by atoms with Crippen LogP contribution in [-0.4, -0.2) is 87.3 Å². The van der Waals surface area contributed by atoms with Crippen LogP contribution in [0.15, 0.2) is 54.6 Å². The van der Waals surface area contributed by atoms with E-state index < -0.39 is 0 Å². The van der Waals surface area contributed by atoms with Gasteiger partial charge in [-0.1, -0.05) is 42.5 Å². The number of rotatable bonds is 8. The molecule has 2 aromatic carbocycles. The molecule has 6 heteroatoms. The van der Waals surface area contributed by atoms with E-state index in [1.54, 1.807) is 6.08 Å². The average molecular weight is 435 g/mol. The van der Waals surface area contributed by atoms with E-state index in [2.05, 4.69) is 21.9 Å². The summed E-state index contributed by atoms with van der Waals surface area (Å²) >= 11 is 0. The van der Waals surface area contributed by atoms with Crippen LogP contribution in [0.2, 0.25) is 0 Å². The van der Waals surface area contributed by atoms with Gasteiger partial charge in [-0.3, -0.25) is 9.59 Å². The number of anilines is 1. The molecule has 1 fully saturated rings. The van der Waals surface area contributed by atoms with Crippen LogP contribution < -0.4 is 4.90 Å². The van der Waals surface area contributed by atoms with Crippen molar-refractivity contribution < 1.29 is 9.59 Å². The first kappa shape index (κ1) is 23.7. The highest BCUT2D eigenvalue weighted by Crippen LogP contribution is 2.19. The Morgan fingerprint density at radius 2 is 1.62 bits per heavy atom. The number of likely N-dealkylation sites (N-methyl/N-ethyl adjacent to an activating group) is 1. The van der Waals surface area contributed by atoms with Crippen molar-refractivity contribution in [1.29, 1.82) is 0 Å². The normalized spacial score (nSPS) is 14.6. The van der Waals surface area contributed by atoms with Gasteiger partial charge < -0.3 is 19.6 Å². The standard InChI is InChI=1S/C26H34N4O2/c1-27(2)19-22-8-5-7-21(17-22)11-12-25(31)23-9-6-10-24(18-23)29-13-15-30(16-14-29)26(32)20-28(3)4/h5-12,17-18H,13-16,19-20H2,1-4H3/b12-11+. The molecule has 0 atom stereocenters. The fraction of sp³-hybridized carbons (Fsp3) is 0.385. The fourth-order valence-electron chi connectivity index (χ4n) is 3.87. The van der Waals surface area contributed by atoms with Gasteiger partial charge in [0.2, 0.25) is 5.91 Å². The maximum absolute atomic E-state index is 12.8. The van der Waals surface area contributed by atoms with Gasteiger partial charge in [0.05, 0.1) is 6.54 Å². The molecule has 0 spiro atoms. The van der Waals surface area contributed by atoms with Crippen LogP contribution in [0, 0.1) is 0 Å². The number of amides is 1. The van der Waals surface area contributed by atoms with Crippen molar-refractivity contribution in [2.24, 2.45) is 0 Å². The van der Waals surface area contributed by atoms with Crippen LogP contribution >= 0.6 is 0 Å². The molecule has 3 rings (SSSR count). The second-order valence-electron chi connectivity index (χ2n) is 8.84. The topological polar surface area (TPSA) is 47.1 Å². The lowest BCUT2D eigenvalue weighted by Crippen LogP contribution is -2.50. The molecule has 0 bridgehead atoms. The molecule has 1 heterocycles. The van der Waals surface area contributed by atoms with E-state index in [9.17, 15) is 9.59 Å². The molecule has 1 aliphatic heterocycles. The van der Waals surface area contributed by atoms with Crippen molar-refractivity contribution in [3.8, 4) is 0 Å². The number of hydrogen-bond donors (Lipinski definition) is 0. The van der Waals surface area contributed by atoms with Crippen LogP contribution in [0.4, 0.5) is 5.69 Å². The highest BCUT2D eigenvalue weighted by molar-refractivity contribution is 6.07. The molecular weight excluding hydrogens is 400 g/mol. The largest absolute Gasteiger partial charge is 0.368 e. The molecule has 0 aliphatic carbocycles. The molecule has 0 saturated carbocycles. The second-order valence-corrected chi connectivity index (χ2v) is 8.84. The lowest BCUT2D eigenvalue weighted by atomic mass is 10.1. The highest BCUT2D eigenvalue weighted by Gasteiger charge is 2.21. The van der Waals surface area contributed by atoms with Crippen LogP contribution in [0.1, 0.15) is 21.5 Å². The SMILES string of the molecule is CN(C)CC(=O)N1CCN(c2cccc(C(=O)/C=C/c3cccc(CN(C)C)c3)c2)CC1. The molecule has 1 aliphatic rings. The molecule has 2 aromatic rings. The molecule has 0 N–H and O–H groups in total. The summed E-state index contributed by atoms with van der Waals surface area (Å²) in [6.07, 6.45) is 3.52. The number of benzene rings is 2. The summed E-state index contributed by atoms with van der Waals surface area (Å²) < 4.78 is 0. The van der Waals surface area contributed by atoms with Gasteiger partial charge in [0, 0.05) is 44.0 Å². The van der Waals surface area contributed by atoms with Crippen molar-refractivity contribution >= 4 is 23.5 Å². The van der Waals surface area contributed by atoms with Gasteiger partial charge in [-0.2, -0.15) is 0 Å². The van der Waals surface area contributed by atoms with E-state index in [0.717, 1.165) is 30.9 Å². The first-order valence-corrected chi connectivity index (χ1v) is 11.1. The van der Waals surface area contributed by atoms with Crippen molar-refractivity contribution in [1.82, 2.24) is 14.7 Å². The summed E-state index contributed by atoms with van der Waals surface area (Å²) in [4.78, 5) is 33.2. The average Bonchev–Trinajstić information content (AvgIpc) is 2.77. The Morgan fingerprint density at radius 3 is 2.31 bits per heavy atom. The monoisotopic (exact) mass is 434 g/mol. The number of allylic oxidation sites excluding steroid dienone is 1. The Hall–Kier alpha value is -2.96. The summed E-state index contributed by atoms with van der Waals surface area (Å²) in [5.41, 5.74) is 3.94. The Kier molecular flexibility index (Phi) is 8.20. The Morgan fingerprint density at radius 1 is 0.906 bits per heavy atom. The highest BCUT2D eigenvalue weighted by atomic mass is 16.2. The molecule has 32 heavy (non-hydrogen) atoms. The number of piperazine rings is 1. The van der Waals surface area contributed by atoms with Gasteiger partial charge >= 0.3 is 0 Å². The fourth-order valence-corrected chi connectivity index (χ4v) is 3.87. The van der Waals surface area contributed by atoms with Crippen molar-refractivity contribution in [3.63, 3.8) is 0 Å². The van der Waals surface area contributed by atoms with Crippen LogP contribution in [0.25, 0.3) is 6.08 Å². The summed E-state index contributed by atoms with van der Waals surface area (Å²) in [5.74, 6) is 0.156. The maximum Gasteiger partial charge on any atom is 0.236 e. The van der Waals surface area contributed by atoms with Crippen molar-refractivity contribution in [3.05, 3.63) is 71.3 Å². The summed E-state index contributed by atoms with van der Waals surface area (Å²) in [6.45, 7) is 4.25. The number of hydrogen-bond acceptors (Lipinski definition) is 5. The van der Waals surface area contributed by atoms with Gasteiger partial charge in [0.15, 0.2) is 5.78 Å². The van der Waals surface area contributed by atoms with Crippen molar-refractivity contribution in [2.45, 2.75) is 6.54 Å². The van der Waals surface area contributed by atoms with E-state index >= 15 is 0 Å². The molecule has 1 saturated heterocycles. The van der Waals surface area contributed by atoms with Crippen LogP contribution in [0.3, 0.4) is 0 Å². The van der Waals surface area contributed by atoms with E-state index in [4.69, 9.17) is 0 Å². The predicted octanol–water partition coefficient (Wildman–Crippen LogP) is 2.85. The summed E-state index contributed by atoms with van der Waals surface area (Å²) in [5, 5.41) is 0. The van der Waals surface area contributed by atoms with Gasteiger partial charge in [0.25, 0.3) is 0 Å². The van der Waals surface area contributed by atoms with Gasteiger partial charge in [-0.25, -0.2) is 0 Å². The molecule has 1 amide bonds. The Bertz CT molecular complexity index is 960. The Balaban J connectivity index is 1.62. The first-order chi connectivity index (χ1) is 15.3. The third-order valence-electron chi connectivity index (χ3n) is 5.46. The van der Waals surface area contributed by atoms with Crippen LogP contribution in [0.5, 0.6) is 0 Å². The molecule has 6 nitrogen and oxygen atoms in total. The lowest BCUT2D eigenvalue weighted by molar-refractivity contribution is -0.132. The molecule has 170 valence electrons. The summed E-state index contributed by atoms with van der Waals surface area (Å²) in [7, 11) is 7.90. The summed E-state index contributed by atoms with van der Waals surface area (Å²) in [6, 6.07) is 16.0.